The van der Waals surface area contributed by atoms with Crippen LogP contribution in [0.1, 0.15) is 48.3 Å². The first-order valence-electron chi connectivity index (χ1n) is 10.1. The highest BCUT2D eigenvalue weighted by atomic mass is 19.1. The average molecular weight is 396 g/mol. The molecule has 0 saturated carbocycles. The fourth-order valence-corrected chi connectivity index (χ4v) is 4.10. The van der Waals surface area contributed by atoms with Crippen molar-refractivity contribution in [1.82, 2.24) is 19.8 Å². The molecule has 29 heavy (non-hydrogen) atoms. The number of hydrogen-bond acceptors (Lipinski definition) is 4. The third-order valence-electron chi connectivity index (χ3n) is 5.81. The van der Waals surface area contributed by atoms with Crippen molar-refractivity contribution in [3.8, 4) is 0 Å². The Hall–Kier alpha value is -2.83. The fourth-order valence-electron chi connectivity index (χ4n) is 4.10. The van der Waals surface area contributed by atoms with E-state index < -0.39 is 0 Å². The highest BCUT2D eigenvalue weighted by Gasteiger charge is 2.28. The van der Waals surface area contributed by atoms with Crippen molar-refractivity contribution in [2.45, 2.75) is 45.1 Å². The van der Waals surface area contributed by atoms with Gasteiger partial charge in [0.25, 0.3) is 0 Å². The molecule has 4 rings (SSSR count). The van der Waals surface area contributed by atoms with Gasteiger partial charge in [-0.25, -0.2) is 14.4 Å². The lowest BCUT2D eigenvalue weighted by molar-refractivity contribution is -0.131. The van der Waals surface area contributed by atoms with Crippen molar-refractivity contribution in [3.63, 3.8) is 0 Å². The second kappa shape index (κ2) is 8.27. The first-order chi connectivity index (χ1) is 14.0. The highest BCUT2D eigenvalue weighted by Crippen LogP contribution is 2.27. The van der Waals surface area contributed by atoms with E-state index in [2.05, 4.69) is 4.98 Å². The first kappa shape index (κ1) is 19.5. The van der Waals surface area contributed by atoms with Crippen molar-refractivity contribution >= 4 is 11.8 Å². The third-order valence-corrected chi connectivity index (χ3v) is 5.81. The molecule has 2 amide bonds. The number of piperidine rings is 1. The summed E-state index contributed by atoms with van der Waals surface area (Å²) >= 11 is 0. The Bertz CT molecular complexity index is 916. The number of carbonyl (C=O) groups excluding carboxylic acids is 2. The minimum absolute atomic E-state index is 0.0522. The molecule has 1 atom stereocenters. The van der Waals surface area contributed by atoms with Gasteiger partial charge in [0.2, 0.25) is 11.8 Å². The van der Waals surface area contributed by atoms with Crippen molar-refractivity contribution in [2.24, 2.45) is 0 Å². The van der Waals surface area contributed by atoms with Gasteiger partial charge in [0.15, 0.2) is 0 Å². The normalized spacial score (nSPS) is 19.0. The summed E-state index contributed by atoms with van der Waals surface area (Å²) in [7, 11) is 0. The molecule has 1 aromatic heterocycles. The van der Waals surface area contributed by atoms with Gasteiger partial charge >= 0.3 is 0 Å². The number of carbonyl (C=O) groups is 2. The van der Waals surface area contributed by atoms with Crippen LogP contribution in [0, 0.1) is 5.82 Å². The molecule has 1 saturated heterocycles. The molecule has 0 spiro atoms. The van der Waals surface area contributed by atoms with Crippen molar-refractivity contribution in [3.05, 3.63) is 58.9 Å². The maximum Gasteiger partial charge on any atom is 0.227 e. The summed E-state index contributed by atoms with van der Waals surface area (Å²) in [6.07, 6.45) is 4.73. The molecule has 1 aromatic carbocycles. The van der Waals surface area contributed by atoms with E-state index in [1.807, 2.05) is 16.0 Å². The van der Waals surface area contributed by atoms with Gasteiger partial charge in [-0.3, -0.25) is 9.59 Å². The molecule has 2 aromatic rings. The molecular formula is C22H25FN4O2. The first-order valence-corrected chi connectivity index (χ1v) is 10.1. The molecule has 2 aliphatic heterocycles. The Morgan fingerprint density at radius 2 is 1.97 bits per heavy atom. The number of amides is 2. The Balaban J connectivity index is 1.42. The summed E-state index contributed by atoms with van der Waals surface area (Å²) in [5, 5.41) is 0. The smallest absolute Gasteiger partial charge is 0.227 e. The third kappa shape index (κ3) is 4.44. The van der Waals surface area contributed by atoms with Crippen molar-refractivity contribution < 1.29 is 14.0 Å². The predicted molar refractivity (Wildman–Crippen MR) is 105 cm³/mol. The summed E-state index contributed by atoms with van der Waals surface area (Å²) < 4.78 is 13.1. The zero-order valence-electron chi connectivity index (χ0n) is 16.6. The SMILES string of the molecule is CC(=O)N1CCc2nc(C3CCCN(C(=O)Cc4ccc(F)cc4)C3)ncc2C1. The fraction of sp³-hybridized carbons (Fsp3) is 0.455. The van der Waals surface area contributed by atoms with Crippen LogP contribution >= 0.6 is 0 Å². The number of fused-ring (bicyclic) bond motifs is 1. The second-order valence-corrected chi connectivity index (χ2v) is 7.87. The van der Waals surface area contributed by atoms with Gasteiger partial charge in [-0.05, 0) is 30.5 Å². The molecule has 0 bridgehead atoms. The minimum Gasteiger partial charge on any atom is -0.342 e. The van der Waals surface area contributed by atoms with Gasteiger partial charge in [-0.1, -0.05) is 12.1 Å². The number of benzene rings is 1. The monoisotopic (exact) mass is 396 g/mol. The molecule has 152 valence electrons. The van der Waals surface area contributed by atoms with E-state index in [9.17, 15) is 14.0 Å². The molecule has 0 radical (unpaired) electrons. The maximum absolute atomic E-state index is 13.1. The van der Waals surface area contributed by atoms with Crippen LogP contribution in [-0.2, 0) is 29.0 Å². The van der Waals surface area contributed by atoms with Crippen LogP contribution in [0.5, 0.6) is 0 Å². The van der Waals surface area contributed by atoms with Crippen LogP contribution < -0.4 is 0 Å². The number of nitrogens with zero attached hydrogens (tertiary/aromatic N) is 4. The van der Waals surface area contributed by atoms with Crippen molar-refractivity contribution in [1.29, 1.82) is 0 Å². The van der Waals surface area contributed by atoms with Gasteiger partial charge < -0.3 is 9.80 Å². The van der Waals surface area contributed by atoms with E-state index in [0.717, 1.165) is 48.5 Å². The molecule has 0 aliphatic carbocycles. The molecule has 1 fully saturated rings. The van der Waals surface area contributed by atoms with E-state index in [1.165, 1.54) is 12.1 Å². The number of rotatable bonds is 3. The maximum atomic E-state index is 13.1. The van der Waals surface area contributed by atoms with Gasteiger partial charge in [0.05, 0.1) is 12.1 Å². The standard InChI is InChI=1S/C22H25FN4O2/c1-15(28)26-10-8-20-18(14-26)12-24-22(25-20)17-3-2-9-27(13-17)21(29)11-16-4-6-19(23)7-5-16/h4-7,12,17H,2-3,8-11,13-14H2,1H3. The van der Waals surface area contributed by atoms with Gasteiger partial charge in [-0.15, -0.1) is 0 Å². The quantitative estimate of drug-likeness (QED) is 0.800. The van der Waals surface area contributed by atoms with E-state index in [0.29, 0.717) is 19.6 Å². The minimum atomic E-state index is -0.296. The van der Waals surface area contributed by atoms with Crippen LogP contribution in [0.3, 0.4) is 0 Å². The number of halogens is 1. The van der Waals surface area contributed by atoms with Gasteiger partial charge in [0, 0.05) is 57.2 Å². The van der Waals surface area contributed by atoms with Gasteiger partial charge in [-0.2, -0.15) is 0 Å². The number of aromatic nitrogens is 2. The lowest BCUT2D eigenvalue weighted by atomic mass is 9.96. The summed E-state index contributed by atoms with van der Waals surface area (Å²) in [5.74, 6) is 0.741. The van der Waals surface area contributed by atoms with E-state index in [1.54, 1.807) is 19.1 Å². The van der Waals surface area contributed by atoms with Crippen molar-refractivity contribution in [2.75, 3.05) is 19.6 Å². The lowest BCUT2D eigenvalue weighted by Crippen LogP contribution is -2.40. The number of likely N-dealkylation sites (tertiary alicyclic amines) is 1. The molecule has 7 heteroatoms. The Kier molecular flexibility index (Phi) is 5.56. The molecule has 2 aliphatic rings. The zero-order valence-corrected chi connectivity index (χ0v) is 16.6. The molecule has 3 heterocycles. The number of hydrogen-bond donors (Lipinski definition) is 0. The van der Waals surface area contributed by atoms with Gasteiger partial charge in [0.1, 0.15) is 11.6 Å². The van der Waals surface area contributed by atoms with Crippen LogP contribution in [0.15, 0.2) is 30.5 Å². The average Bonchev–Trinajstić information content (AvgIpc) is 2.74. The Morgan fingerprint density at radius 3 is 2.72 bits per heavy atom. The lowest BCUT2D eigenvalue weighted by Gasteiger charge is -2.33. The van der Waals surface area contributed by atoms with Crippen LogP contribution in [0.2, 0.25) is 0 Å². The summed E-state index contributed by atoms with van der Waals surface area (Å²) in [4.78, 5) is 37.4. The van der Waals surface area contributed by atoms with E-state index >= 15 is 0 Å². The summed E-state index contributed by atoms with van der Waals surface area (Å²) in [6.45, 7) is 4.18. The van der Waals surface area contributed by atoms with E-state index in [4.69, 9.17) is 4.98 Å². The molecule has 0 N–H and O–H groups in total. The van der Waals surface area contributed by atoms with Crippen LogP contribution in [0.25, 0.3) is 0 Å². The summed E-state index contributed by atoms with van der Waals surface area (Å²) in [6, 6.07) is 6.09. The predicted octanol–water partition coefficient (Wildman–Crippen LogP) is 2.47. The molecular weight excluding hydrogens is 371 g/mol. The Morgan fingerprint density at radius 1 is 1.17 bits per heavy atom. The highest BCUT2D eigenvalue weighted by molar-refractivity contribution is 5.79. The van der Waals surface area contributed by atoms with Crippen LogP contribution in [-0.4, -0.2) is 51.2 Å². The zero-order chi connectivity index (χ0) is 20.4. The Labute approximate surface area is 169 Å². The second-order valence-electron chi connectivity index (χ2n) is 7.87. The molecule has 6 nitrogen and oxygen atoms in total. The largest absolute Gasteiger partial charge is 0.342 e. The molecule has 1 unspecified atom stereocenters. The summed E-state index contributed by atoms with van der Waals surface area (Å²) in [5.41, 5.74) is 2.84. The van der Waals surface area contributed by atoms with E-state index in [-0.39, 0.29) is 30.0 Å². The topological polar surface area (TPSA) is 66.4 Å². The van der Waals surface area contributed by atoms with Crippen LogP contribution in [0.4, 0.5) is 4.39 Å².